The summed E-state index contributed by atoms with van der Waals surface area (Å²) in [5, 5.41) is 16.9. The van der Waals surface area contributed by atoms with Gasteiger partial charge in [0.2, 0.25) is 0 Å². The highest BCUT2D eigenvalue weighted by atomic mass is 32.1. The molecule has 1 aromatic heterocycles. The maximum Gasteiger partial charge on any atom is 0.312 e. The van der Waals surface area contributed by atoms with Crippen molar-refractivity contribution in [1.29, 1.82) is 0 Å². The minimum absolute atomic E-state index is 0.259. The molecular weight excluding hydrogens is 270 g/mol. The first-order valence-electron chi connectivity index (χ1n) is 6.69. The number of benzene rings is 1. The lowest BCUT2D eigenvalue weighted by Crippen LogP contribution is -2.34. The molecule has 0 aliphatic rings. The fourth-order valence-electron chi connectivity index (χ4n) is 2.19. The van der Waals surface area contributed by atoms with Gasteiger partial charge in [-0.2, -0.15) is 11.3 Å². The molecule has 0 saturated heterocycles. The van der Waals surface area contributed by atoms with E-state index in [1.807, 2.05) is 30.3 Å². The number of hydrogen-bond donors (Lipinski definition) is 2. The second-order valence-electron chi connectivity index (χ2n) is 4.95. The van der Waals surface area contributed by atoms with Crippen LogP contribution in [0.5, 0.6) is 0 Å². The molecule has 1 heterocycles. The highest BCUT2D eigenvalue weighted by molar-refractivity contribution is 7.07. The van der Waals surface area contributed by atoms with Gasteiger partial charge in [0.1, 0.15) is 0 Å². The predicted octanol–water partition coefficient (Wildman–Crippen LogP) is 3.14. The van der Waals surface area contributed by atoms with Gasteiger partial charge in [-0.3, -0.25) is 4.79 Å². The van der Waals surface area contributed by atoms with Gasteiger partial charge >= 0.3 is 5.97 Å². The largest absolute Gasteiger partial charge is 0.481 e. The summed E-state index contributed by atoms with van der Waals surface area (Å²) in [5.74, 6) is -1.28. The number of carboxylic acids is 1. The average molecular weight is 289 g/mol. The summed E-state index contributed by atoms with van der Waals surface area (Å²) in [6.45, 7) is 2.53. The van der Waals surface area contributed by atoms with Crippen LogP contribution in [-0.4, -0.2) is 23.7 Å². The molecule has 2 atom stereocenters. The molecule has 2 N–H and O–H groups in total. The van der Waals surface area contributed by atoms with Crippen molar-refractivity contribution in [3.05, 3.63) is 58.3 Å². The number of nitrogens with one attached hydrogen (secondary N) is 1. The Balaban J connectivity index is 1.91. The first-order valence-corrected chi connectivity index (χ1v) is 7.63. The van der Waals surface area contributed by atoms with E-state index in [2.05, 4.69) is 29.1 Å². The molecule has 0 aliphatic carbocycles. The van der Waals surface area contributed by atoms with Crippen molar-refractivity contribution >= 4 is 17.3 Å². The van der Waals surface area contributed by atoms with E-state index in [1.54, 1.807) is 11.3 Å². The molecule has 0 bridgehead atoms. The Hall–Kier alpha value is -1.65. The zero-order chi connectivity index (χ0) is 14.4. The van der Waals surface area contributed by atoms with Gasteiger partial charge in [0.15, 0.2) is 0 Å². The van der Waals surface area contributed by atoms with E-state index in [0.717, 1.165) is 12.0 Å². The Morgan fingerprint density at radius 1 is 1.30 bits per heavy atom. The lowest BCUT2D eigenvalue weighted by atomic mass is 9.98. The third kappa shape index (κ3) is 4.18. The summed E-state index contributed by atoms with van der Waals surface area (Å²) in [7, 11) is 0. The topological polar surface area (TPSA) is 49.3 Å². The molecule has 0 spiro atoms. The summed E-state index contributed by atoms with van der Waals surface area (Å²) < 4.78 is 0. The summed E-state index contributed by atoms with van der Waals surface area (Å²) in [6.07, 6.45) is 0.921. The molecule has 0 radical (unpaired) electrons. The van der Waals surface area contributed by atoms with Crippen molar-refractivity contribution in [3.63, 3.8) is 0 Å². The van der Waals surface area contributed by atoms with Crippen LogP contribution in [-0.2, 0) is 11.2 Å². The molecule has 20 heavy (non-hydrogen) atoms. The third-order valence-corrected chi connectivity index (χ3v) is 4.02. The van der Waals surface area contributed by atoms with Crippen molar-refractivity contribution in [2.24, 2.45) is 0 Å². The van der Waals surface area contributed by atoms with Crippen molar-refractivity contribution in [3.8, 4) is 0 Å². The van der Waals surface area contributed by atoms with Crippen LogP contribution in [0.4, 0.5) is 0 Å². The number of aliphatic carboxylic acids is 1. The highest BCUT2D eigenvalue weighted by Crippen LogP contribution is 2.15. The van der Waals surface area contributed by atoms with E-state index in [4.69, 9.17) is 0 Å². The third-order valence-electron chi connectivity index (χ3n) is 3.29. The minimum Gasteiger partial charge on any atom is -0.481 e. The fourth-order valence-corrected chi connectivity index (χ4v) is 2.87. The van der Waals surface area contributed by atoms with Crippen LogP contribution in [0.15, 0.2) is 47.2 Å². The first kappa shape index (κ1) is 14.8. The van der Waals surface area contributed by atoms with Gasteiger partial charge in [0.05, 0.1) is 5.92 Å². The van der Waals surface area contributed by atoms with E-state index in [1.165, 1.54) is 5.56 Å². The van der Waals surface area contributed by atoms with Gasteiger partial charge in [-0.25, -0.2) is 0 Å². The van der Waals surface area contributed by atoms with Gasteiger partial charge in [0.25, 0.3) is 0 Å². The zero-order valence-electron chi connectivity index (χ0n) is 11.5. The van der Waals surface area contributed by atoms with Gasteiger partial charge in [-0.1, -0.05) is 30.3 Å². The van der Waals surface area contributed by atoms with Gasteiger partial charge in [-0.05, 0) is 41.3 Å². The Bertz CT molecular complexity index is 525. The molecule has 1 aromatic carbocycles. The summed E-state index contributed by atoms with van der Waals surface area (Å²) >= 11 is 1.69. The molecule has 2 aromatic rings. The number of rotatable bonds is 7. The number of carboxylic acid groups (broad SMARTS) is 1. The molecule has 0 aliphatic heterocycles. The normalized spacial score (nSPS) is 13.8. The fraction of sp³-hybridized carbons (Fsp3) is 0.312. The molecule has 0 amide bonds. The average Bonchev–Trinajstić information content (AvgIpc) is 2.92. The molecule has 2 rings (SSSR count). The Morgan fingerprint density at radius 3 is 2.65 bits per heavy atom. The summed E-state index contributed by atoms with van der Waals surface area (Å²) in [5.41, 5.74) is 2.14. The smallest absolute Gasteiger partial charge is 0.312 e. The maximum absolute atomic E-state index is 11.4. The summed E-state index contributed by atoms with van der Waals surface area (Å²) in [6, 6.07) is 11.7. The van der Waals surface area contributed by atoms with Crippen LogP contribution < -0.4 is 5.32 Å². The number of hydrogen-bond acceptors (Lipinski definition) is 3. The van der Waals surface area contributed by atoms with Crippen molar-refractivity contribution in [2.75, 3.05) is 6.54 Å². The Labute approximate surface area is 123 Å². The Kier molecular flexibility index (Phi) is 5.32. The number of carbonyl (C=O) groups is 1. The second kappa shape index (κ2) is 7.22. The second-order valence-corrected chi connectivity index (χ2v) is 5.73. The maximum atomic E-state index is 11.4. The minimum atomic E-state index is -0.786. The van der Waals surface area contributed by atoms with Gasteiger partial charge in [-0.15, -0.1) is 0 Å². The van der Waals surface area contributed by atoms with E-state index in [-0.39, 0.29) is 6.04 Å². The molecule has 3 nitrogen and oxygen atoms in total. The standard InChI is InChI=1S/C16H19NO2S/c1-12(9-13-7-8-20-11-13)17-10-15(16(18)19)14-5-3-2-4-6-14/h2-8,11-12,15,17H,9-10H2,1H3,(H,18,19). The lowest BCUT2D eigenvalue weighted by Gasteiger charge is -2.18. The van der Waals surface area contributed by atoms with Crippen molar-refractivity contribution < 1.29 is 9.90 Å². The van der Waals surface area contributed by atoms with E-state index in [0.29, 0.717) is 6.54 Å². The SMILES string of the molecule is CC(Cc1ccsc1)NCC(C(=O)O)c1ccccc1. The van der Waals surface area contributed by atoms with Crippen LogP contribution in [0.2, 0.25) is 0 Å². The van der Waals surface area contributed by atoms with E-state index < -0.39 is 11.9 Å². The quantitative estimate of drug-likeness (QED) is 0.823. The molecule has 4 heteroatoms. The molecule has 0 saturated carbocycles. The van der Waals surface area contributed by atoms with Crippen molar-refractivity contribution in [2.45, 2.75) is 25.3 Å². The van der Waals surface area contributed by atoms with Crippen LogP contribution >= 0.6 is 11.3 Å². The first-order chi connectivity index (χ1) is 9.66. The van der Waals surface area contributed by atoms with Crippen LogP contribution in [0.3, 0.4) is 0 Å². The monoisotopic (exact) mass is 289 g/mol. The van der Waals surface area contributed by atoms with Gasteiger partial charge in [0, 0.05) is 12.6 Å². The Morgan fingerprint density at radius 2 is 2.05 bits per heavy atom. The molecule has 0 fully saturated rings. The van der Waals surface area contributed by atoms with E-state index in [9.17, 15) is 9.90 Å². The van der Waals surface area contributed by atoms with Crippen LogP contribution in [0.1, 0.15) is 24.0 Å². The zero-order valence-corrected chi connectivity index (χ0v) is 12.3. The van der Waals surface area contributed by atoms with Gasteiger partial charge < -0.3 is 10.4 Å². The van der Waals surface area contributed by atoms with Crippen LogP contribution in [0.25, 0.3) is 0 Å². The van der Waals surface area contributed by atoms with E-state index >= 15 is 0 Å². The highest BCUT2D eigenvalue weighted by Gasteiger charge is 2.20. The molecule has 106 valence electrons. The lowest BCUT2D eigenvalue weighted by molar-refractivity contribution is -0.138. The van der Waals surface area contributed by atoms with Crippen molar-refractivity contribution in [1.82, 2.24) is 5.32 Å². The van der Waals surface area contributed by atoms with Crippen LogP contribution in [0, 0.1) is 0 Å². The summed E-state index contributed by atoms with van der Waals surface area (Å²) in [4.78, 5) is 11.4. The molecule has 2 unspecified atom stereocenters. The molecular formula is C16H19NO2S. The number of thiophene rings is 1. The predicted molar refractivity (Wildman–Crippen MR) is 82.3 cm³/mol.